The molecule has 0 saturated carbocycles. The molecule has 3 aromatic rings. The number of aryl methyl sites for hydroxylation is 1. The Morgan fingerprint density at radius 3 is 2.81 bits per heavy atom. The van der Waals surface area contributed by atoms with E-state index < -0.39 is 0 Å². The Kier molecular flexibility index (Phi) is 4.83. The number of amides is 2. The van der Waals surface area contributed by atoms with Crippen LogP contribution in [0.3, 0.4) is 0 Å². The van der Waals surface area contributed by atoms with Crippen LogP contribution < -0.4 is 10.6 Å². The molecule has 2 amide bonds. The van der Waals surface area contributed by atoms with Crippen LogP contribution in [0.1, 0.15) is 40.4 Å². The Labute approximate surface area is 157 Å². The normalized spacial score (nSPS) is 15.8. The molecule has 1 atom stereocenters. The number of carbonyl (C=O) groups excluding carboxylic acids is 2. The molecule has 1 heterocycles. The molecule has 0 unspecified atom stereocenters. The lowest BCUT2D eigenvalue weighted by molar-refractivity contribution is -0.121. The van der Waals surface area contributed by atoms with E-state index in [0.29, 0.717) is 5.56 Å². The largest absolute Gasteiger partial charge is 0.348 e. The molecule has 1 aliphatic carbocycles. The van der Waals surface area contributed by atoms with Crippen LogP contribution in [0.2, 0.25) is 0 Å². The summed E-state index contributed by atoms with van der Waals surface area (Å²) in [6.07, 6.45) is 4.56. The summed E-state index contributed by atoms with van der Waals surface area (Å²) >= 11 is 0. The van der Waals surface area contributed by atoms with Crippen LogP contribution in [0.15, 0.2) is 60.8 Å². The molecule has 2 N–H and O–H groups in total. The summed E-state index contributed by atoms with van der Waals surface area (Å²) in [5.41, 5.74) is 3.76. The van der Waals surface area contributed by atoms with E-state index in [1.165, 1.54) is 17.3 Å². The molecule has 0 bridgehead atoms. The fourth-order valence-corrected chi connectivity index (χ4v) is 3.61. The predicted molar refractivity (Wildman–Crippen MR) is 104 cm³/mol. The second-order valence-electron chi connectivity index (χ2n) is 6.81. The lowest BCUT2D eigenvalue weighted by Gasteiger charge is -2.26. The maximum absolute atomic E-state index is 12.4. The maximum atomic E-state index is 12.4. The number of nitrogens with zero attached hydrogens (tertiary/aromatic N) is 1. The van der Waals surface area contributed by atoms with E-state index in [1.807, 2.05) is 36.4 Å². The fourth-order valence-electron chi connectivity index (χ4n) is 3.61. The number of carbonyl (C=O) groups is 2. The van der Waals surface area contributed by atoms with Crippen LogP contribution in [0.5, 0.6) is 0 Å². The molecule has 2 aromatic carbocycles. The van der Waals surface area contributed by atoms with Gasteiger partial charge in [0.15, 0.2) is 0 Å². The van der Waals surface area contributed by atoms with Crippen LogP contribution in [-0.4, -0.2) is 23.3 Å². The van der Waals surface area contributed by atoms with Gasteiger partial charge in [0.2, 0.25) is 5.91 Å². The lowest BCUT2D eigenvalue weighted by atomic mass is 9.88. The highest BCUT2D eigenvalue weighted by atomic mass is 16.2. The van der Waals surface area contributed by atoms with Crippen molar-refractivity contribution >= 4 is 22.7 Å². The summed E-state index contributed by atoms with van der Waals surface area (Å²) in [6.45, 7) is -0.0513. The number of aromatic nitrogens is 1. The third-order valence-corrected chi connectivity index (χ3v) is 4.97. The number of benzene rings is 2. The Balaban J connectivity index is 1.37. The van der Waals surface area contributed by atoms with E-state index in [4.69, 9.17) is 0 Å². The van der Waals surface area contributed by atoms with Crippen molar-refractivity contribution in [1.29, 1.82) is 0 Å². The minimum Gasteiger partial charge on any atom is -0.348 e. The van der Waals surface area contributed by atoms with Crippen molar-refractivity contribution in [2.24, 2.45) is 0 Å². The molecule has 1 aromatic heterocycles. The highest BCUT2D eigenvalue weighted by molar-refractivity contribution is 5.98. The first-order valence-corrected chi connectivity index (χ1v) is 9.21. The molecule has 27 heavy (non-hydrogen) atoms. The van der Waals surface area contributed by atoms with Crippen molar-refractivity contribution in [2.45, 2.75) is 25.3 Å². The van der Waals surface area contributed by atoms with Gasteiger partial charge >= 0.3 is 0 Å². The number of hydrogen-bond donors (Lipinski definition) is 2. The zero-order chi connectivity index (χ0) is 18.6. The van der Waals surface area contributed by atoms with Crippen molar-refractivity contribution in [2.75, 3.05) is 6.54 Å². The van der Waals surface area contributed by atoms with Gasteiger partial charge in [0, 0.05) is 11.6 Å². The zero-order valence-electron chi connectivity index (χ0n) is 14.9. The summed E-state index contributed by atoms with van der Waals surface area (Å²) < 4.78 is 0. The summed E-state index contributed by atoms with van der Waals surface area (Å²) in [6, 6.07) is 17.6. The van der Waals surface area contributed by atoms with Gasteiger partial charge in [-0.05, 0) is 42.5 Å². The highest BCUT2D eigenvalue weighted by Gasteiger charge is 2.21. The standard InChI is InChI=1S/C22H21N3O2/c26-21(25-20-11-5-8-15-6-1-3-9-18(15)20)14-24-22(27)17-12-16-7-2-4-10-19(16)23-13-17/h1-4,6-7,9-10,12-13,20H,5,8,11,14H2,(H,24,27)(H,25,26)/t20-/m0/s1. The Morgan fingerprint density at radius 1 is 1.07 bits per heavy atom. The predicted octanol–water partition coefficient (Wildman–Crippen LogP) is 3.16. The molecule has 5 nitrogen and oxygen atoms in total. The number of hydrogen-bond acceptors (Lipinski definition) is 3. The van der Waals surface area contributed by atoms with E-state index >= 15 is 0 Å². The summed E-state index contributed by atoms with van der Waals surface area (Å²) in [7, 11) is 0. The highest BCUT2D eigenvalue weighted by Crippen LogP contribution is 2.29. The second-order valence-corrected chi connectivity index (χ2v) is 6.81. The van der Waals surface area contributed by atoms with E-state index in [-0.39, 0.29) is 24.4 Å². The quantitative estimate of drug-likeness (QED) is 0.752. The topological polar surface area (TPSA) is 71.1 Å². The number of fused-ring (bicyclic) bond motifs is 2. The van der Waals surface area contributed by atoms with Gasteiger partial charge in [-0.3, -0.25) is 14.6 Å². The van der Waals surface area contributed by atoms with E-state index in [9.17, 15) is 9.59 Å². The van der Waals surface area contributed by atoms with Crippen LogP contribution in [-0.2, 0) is 11.2 Å². The van der Waals surface area contributed by atoms with E-state index in [2.05, 4.69) is 27.8 Å². The first kappa shape index (κ1) is 17.2. The van der Waals surface area contributed by atoms with Crippen LogP contribution >= 0.6 is 0 Å². The van der Waals surface area contributed by atoms with Crippen molar-refractivity contribution in [3.8, 4) is 0 Å². The third-order valence-electron chi connectivity index (χ3n) is 4.97. The Hall–Kier alpha value is -3.21. The third kappa shape index (κ3) is 3.82. The van der Waals surface area contributed by atoms with Gasteiger partial charge in [-0.25, -0.2) is 0 Å². The monoisotopic (exact) mass is 359 g/mol. The molecular weight excluding hydrogens is 338 g/mol. The number of nitrogens with one attached hydrogen (secondary N) is 2. The molecule has 0 radical (unpaired) electrons. The maximum Gasteiger partial charge on any atom is 0.253 e. The van der Waals surface area contributed by atoms with Crippen LogP contribution in [0.25, 0.3) is 10.9 Å². The number of pyridine rings is 1. The fraction of sp³-hybridized carbons (Fsp3) is 0.227. The van der Waals surface area contributed by atoms with Gasteiger partial charge in [0.05, 0.1) is 23.7 Å². The SMILES string of the molecule is O=C(CNC(=O)c1cnc2ccccc2c1)N[C@H]1CCCc2ccccc21. The van der Waals surface area contributed by atoms with Gasteiger partial charge < -0.3 is 10.6 Å². The first-order valence-electron chi connectivity index (χ1n) is 9.21. The smallest absolute Gasteiger partial charge is 0.253 e. The van der Waals surface area contributed by atoms with E-state index in [0.717, 1.165) is 30.2 Å². The molecule has 5 heteroatoms. The molecule has 4 rings (SSSR count). The van der Waals surface area contributed by atoms with Gasteiger partial charge in [0.25, 0.3) is 5.91 Å². The van der Waals surface area contributed by atoms with Crippen molar-refractivity contribution in [1.82, 2.24) is 15.6 Å². The van der Waals surface area contributed by atoms with Gasteiger partial charge in [-0.2, -0.15) is 0 Å². The average Bonchev–Trinajstić information content (AvgIpc) is 2.72. The molecule has 0 spiro atoms. The molecule has 0 aliphatic heterocycles. The zero-order valence-corrected chi connectivity index (χ0v) is 14.9. The Morgan fingerprint density at radius 2 is 1.89 bits per heavy atom. The molecule has 0 saturated heterocycles. The summed E-state index contributed by atoms with van der Waals surface area (Å²) in [5.74, 6) is -0.480. The van der Waals surface area contributed by atoms with Crippen LogP contribution in [0, 0.1) is 0 Å². The molecule has 136 valence electrons. The number of rotatable bonds is 4. The minimum absolute atomic E-state index is 0.0155. The molecule has 1 aliphatic rings. The van der Waals surface area contributed by atoms with Gasteiger partial charge in [0.1, 0.15) is 0 Å². The number of para-hydroxylation sites is 1. The average molecular weight is 359 g/mol. The first-order chi connectivity index (χ1) is 13.2. The minimum atomic E-state index is -0.299. The summed E-state index contributed by atoms with van der Waals surface area (Å²) in [4.78, 5) is 29.0. The second kappa shape index (κ2) is 7.58. The van der Waals surface area contributed by atoms with Crippen molar-refractivity contribution < 1.29 is 9.59 Å². The van der Waals surface area contributed by atoms with E-state index in [1.54, 1.807) is 6.07 Å². The summed E-state index contributed by atoms with van der Waals surface area (Å²) in [5, 5.41) is 6.62. The van der Waals surface area contributed by atoms with Crippen molar-refractivity contribution in [3.05, 3.63) is 77.5 Å². The van der Waals surface area contributed by atoms with Gasteiger partial charge in [-0.15, -0.1) is 0 Å². The lowest BCUT2D eigenvalue weighted by Crippen LogP contribution is -2.39. The van der Waals surface area contributed by atoms with Crippen LogP contribution in [0.4, 0.5) is 0 Å². The molecular formula is C22H21N3O2. The van der Waals surface area contributed by atoms with Crippen molar-refractivity contribution in [3.63, 3.8) is 0 Å². The Bertz CT molecular complexity index is 1000. The van der Waals surface area contributed by atoms with Gasteiger partial charge in [-0.1, -0.05) is 42.5 Å². The molecule has 0 fully saturated rings.